The summed E-state index contributed by atoms with van der Waals surface area (Å²) in [7, 11) is 1.79. The first-order chi connectivity index (χ1) is 6.59. The molecule has 0 saturated carbocycles. The Bertz CT molecular complexity index is 310. The first-order valence-electron chi connectivity index (χ1n) is 4.37. The van der Waals surface area contributed by atoms with Crippen molar-refractivity contribution in [3.8, 4) is 0 Å². The van der Waals surface area contributed by atoms with Crippen LogP contribution in [0.25, 0.3) is 0 Å². The van der Waals surface area contributed by atoms with Gasteiger partial charge in [0.05, 0.1) is 12.5 Å². The van der Waals surface area contributed by atoms with Crippen molar-refractivity contribution >= 4 is 5.97 Å². The number of carbonyl (C=O) groups is 1. The first-order valence-corrected chi connectivity index (χ1v) is 4.37. The molecule has 0 spiro atoms. The SMILES string of the molecule is CC(CNCc1ncn(C)n1)C(=O)O. The van der Waals surface area contributed by atoms with E-state index < -0.39 is 11.9 Å². The predicted octanol–water partition coefficient (Wildman–Crippen LogP) is -0.375. The first kappa shape index (κ1) is 10.6. The molecule has 0 amide bonds. The molecule has 0 radical (unpaired) electrons. The lowest BCUT2D eigenvalue weighted by atomic mass is 10.2. The molecule has 1 unspecified atom stereocenters. The van der Waals surface area contributed by atoms with E-state index in [0.717, 1.165) is 0 Å². The standard InChI is InChI=1S/C8H14N4O2/c1-6(8(13)14)3-9-4-7-10-5-12(2)11-7/h5-6,9H,3-4H2,1-2H3,(H,13,14). The second-order valence-electron chi connectivity index (χ2n) is 3.20. The lowest BCUT2D eigenvalue weighted by Gasteiger charge is -2.05. The molecule has 0 aromatic carbocycles. The summed E-state index contributed by atoms with van der Waals surface area (Å²) >= 11 is 0. The highest BCUT2D eigenvalue weighted by Gasteiger charge is 2.09. The van der Waals surface area contributed by atoms with Gasteiger partial charge in [-0.15, -0.1) is 0 Å². The average Bonchev–Trinajstić information content (AvgIpc) is 2.51. The summed E-state index contributed by atoms with van der Waals surface area (Å²) in [6.45, 7) is 2.58. The van der Waals surface area contributed by atoms with Crippen LogP contribution in [0.15, 0.2) is 6.33 Å². The summed E-state index contributed by atoms with van der Waals surface area (Å²) in [6.07, 6.45) is 1.61. The molecule has 14 heavy (non-hydrogen) atoms. The molecule has 6 heteroatoms. The summed E-state index contributed by atoms with van der Waals surface area (Å²) in [5.74, 6) is -0.518. The smallest absolute Gasteiger partial charge is 0.307 e. The van der Waals surface area contributed by atoms with Gasteiger partial charge in [-0.2, -0.15) is 5.10 Å². The normalized spacial score (nSPS) is 12.7. The number of rotatable bonds is 5. The molecular formula is C8H14N4O2. The zero-order valence-electron chi connectivity index (χ0n) is 8.27. The van der Waals surface area contributed by atoms with Crippen molar-refractivity contribution in [1.82, 2.24) is 20.1 Å². The summed E-state index contributed by atoms with van der Waals surface area (Å²) in [5, 5.41) is 15.6. The van der Waals surface area contributed by atoms with Gasteiger partial charge in [0, 0.05) is 13.6 Å². The zero-order valence-corrected chi connectivity index (χ0v) is 8.27. The van der Waals surface area contributed by atoms with Crippen LogP contribution in [0, 0.1) is 5.92 Å². The molecule has 1 aromatic rings. The maximum atomic E-state index is 10.5. The summed E-state index contributed by atoms with van der Waals surface area (Å²) in [6, 6.07) is 0. The maximum absolute atomic E-state index is 10.5. The van der Waals surface area contributed by atoms with Gasteiger partial charge in [-0.3, -0.25) is 9.48 Å². The lowest BCUT2D eigenvalue weighted by molar-refractivity contribution is -0.140. The van der Waals surface area contributed by atoms with Gasteiger partial charge in [0.25, 0.3) is 0 Å². The van der Waals surface area contributed by atoms with Crippen LogP contribution < -0.4 is 5.32 Å². The van der Waals surface area contributed by atoms with Crippen molar-refractivity contribution in [2.24, 2.45) is 13.0 Å². The van der Waals surface area contributed by atoms with Crippen LogP contribution >= 0.6 is 0 Å². The molecular weight excluding hydrogens is 184 g/mol. The van der Waals surface area contributed by atoms with Crippen LogP contribution in [0.2, 0.25) is 0 Å². The highest BCUT2D eigenvalue weighted by Crippen LogP contribution is 1.93. The van der Waals surface area contributed by atoms with Gasteiger partial charge in [-0.1, -0.05) is 6.92 Å². The fraction of sp³-hybridized carbons (Fsp3) is 0.625. The number of aryl methyl sites for hydroxylation is 1. The van der Waals surface area contributed by atoms with Gasteiger partial charge in [0.15, 0.2) is 5.82 Å². The highest BCUT2D eigenvalue weighted by atomic mass is 16.4. The fourth-order valence-corrected chi connectivity index (χ4v) is 0.953. The summed E-state index contributed by atoms with van der Waals surface area (Å²) < 4.78 is 1.61. The summed E-state index contributed by atoms with van der Waals surface area (Å²) in [4.78, 5) is 14.5. The van der Waals surface area contributed by atoms with Crippen molar-refractivity contribution < 1.29 is 9.90 Å². The molecule has 0 fully saturated rings. The minimum absolute atomic E-state index is 0.390. The lowest BCUT2D eigenvalue weighted by Crippen LogP contribution is -2.26. The number of nitrogens with one attached hydrogen (secondary N) is 1. The molecule has 0 saturated heterocycles. The fourth-order valence-electron chi connectivity index (χ4n) is 0.953. The molecule has 1 heterocycles. The third-order valence-corrected chi connectivity index (χ3v) is 1.80. The predicted molar refractivity (Wildman–Crippen MR) is 49.5 cm³/mol. The van der Waals surface area contributed by atoms with E-state index in [9.17, 15) is 4.79 Å². The number of hydrogen-bond donors (Lipinski definition) is 2. The molecule has 1 aromatic heterocycles. The molecule has 0 aliphatic carbocycles. The second kappa shape index (κ2) is 4.71. The monoisotopic (exact) mass is 198 g/mol. The molecule has 0 aliphatic rings. The van der Waals surface area contributed by atoms with Crippen molar-refractivity contribution in [2.45, 2.75) is 13.5 Å². The third-order valence-electron chi connectivity index (χ3n) is 1.80. The Morgan fingerprint density at radius 2 is 2.50 bits per heavy atom. The van der Waals surface area contributed by atoms with Crippen LogP contribution in [0.1, 0.15) is 12.7 Å². The van der Waals surface area contributed by atoms with Crippen molar-refractivity contribution in [3.63, 3.8) is 0 Å². The van der Waals surface area contributed by atoms with Crippen LogP contribution in [0.5, 0.6) is 0 Å². The molecule has 6 nitrogen and oxygen atoms in total. The molecule has 1 atom stereocenters. The van der Waals surface area contributed by atoms with Crippen LogP contribution in [0.4, 0.5) is 0 Å². The van der Waals surface area contributed by atoms with E-state index in [4.69, 9.17) is 5.11 Å². The van der Waals surface area contributed by atoms with Crippen molar-refractivity contribution in [1.29, 1.82) is 0 Å². The Hall–Kier alpha value is -1.43. The van der Waals surface area contributed by atoms with Crippen LogP contribution in [-0.2, 0) is 18.4 Å². The van der Waals surface area contributed by atoms with Gasteiger partial charge < -0.3 is 10.4 Å². The quantitative estimate of drug-likeness (QED) is 0.674. The van der Waals surface area contributed by atoms with Gasteiger partial charge >= 0.3 is 5.97 Å². The maximum Gasteiger partial charge on any atom is 0.307 e. The van der Waals surface area contributed by atoms with E-state index in [1.165, 1.54) is 0 Å². The molecule has 1 rings (SSSR count). The Morgan fingerprint density at radius 3 is 3.00 bits per heavy atom. The third kappa shape index (κ3) is 3.14. The topological polar surface area (TPSA) is 80.0 Å². The van der Waals surface area contributed by atoms with E-state index in [1.54, 1.807) is 25.0 Å². The number of aliphatic carboxylic acids is 1. The van der Waals surface area contributed by atoms with Crippen molar-refractivity contribution in [2.75, 3.05) is 6.54 Å². The van der Waals surface area contributed by atoms with Gasteiger partial charge in [0.2, 0.25) is 0 Å². The van der Waals surface area contributed by atoms with Gasteiger partial charge in [-0.05, 0) is 0 Å². The van der Waals surface area contributed by atoms with Gasteiger partial charge in [-0.25, -0.2) is 4.98 Å². The molecule has 78 valence electrons. The Morgan fingerprint density at radius 1 is 1.79 bits per heavy atom. The number of hydrogen-bond acceptors (Lipinski definition) is 4. The minimum atomic E-state index is -0.800. The van der Waals surface area contributed by atoms with E-state index in [1.807, 2.05) is 0 Å². The van der Waals surface area contributed by atoms with E-state index in [2.05, 4.69) is 15.4 Å². The second-order valence-corrected chi connectivity index (χ2v) is 3.20. The number of carboxylic acid groups (broad SMARTS) is 1. The van der Waals surface area contributed by atoms with Gasteiger partial charge in [0.1, 0.15) is 6.33 Å². The largest absolute Gasteiger partial charge is 0.481 e. The Labute approximate surface area is 82.0 Å². The van der Waals surface area contributed by atoms with Crippen molar-refractivity contribution in [3.05, 3.63) is 12.2 Å². The number of aromatic nitrogens is 3. The van der Waals surface area contributed by atoms with E-state index in [0.29, 0.717) is 18.9 Å². The Balaban J connectivity index is 2.25. The minimum Gasteiger partial charge on any atom is -0.481 e. The molecule has 0 aliphatic heterocycles. The average molecular weight is 198 g/mol. The molecule has 0 bridgehead atoms. The Kier molecular flexibility index (Phi) is 3.58. The molecule has 2 N–H and O–H groups in total. The zero-order chi connectivity index (χ0) is 10.6. The highest BCUT2D eigenvalue weighted by molar-refractivity contribution is 5.69. The number of nitrogens with zero attached hydrogens (tertiary/aromatic N) is 3. The summed E-state index contributed by atoms with van der Waals surface area (Å²) in [5.41, 5.74) is 0. The van der Waals surface area contributed by atoms with Crippen LogP contribution in [0.3, 0.4) is 0 Å². The van der Waals surface area contributed by atoms with Crippen LogP contribution in [-0.4, -0.2) is 32.4 Å². The van der Waals surface area contributed by atoms with E-state index >= 15 is 0 Å². The van der Waals surface area contributed by atoms with E-state index in [-0.39, 0.29) is 0 Å². The number of carboxylic acids is 1.